The largest absolute Gasteiger partial charge is 0.418 e. The molecule has 3 amide bonds. The first-order valence-corrected chi connectivity index (χ1v) is 15.9. The molecule has 2 aliphatic rings. The minimum absolute atomic E-state index is 0.0624. The van der Waals surface area contributed by atoms with E-state index in [0.29, 0.717) is 43.5 Å². The molecule has 48 heavy (non-hydrogen) atoms. The predicted molar refractivity (Wildman–Crippen MR) is 178 cm³/mol. The summed E-state index contributed by atoms with van der Waals surface area (Å²) in [4.78, 5) is 41.0. The van der Waals surface area contributed by atoms with Crippen molar-refractivity contribution in [3.63, 3.8) is 0 Å². The number of nitrogens with zero attached hydrogens (tertiary/aromatic N) is 1. The van der Waals surface area contributed by atoms with E-state index in [0.717, 1.165) is 23.3 Å². The molecule has 252 valence electrons. The van der Waals surface area contributed by atoms with Crippen molar-refractivity contribution in [2.45, 2.75) is 49.8 Å². The van der Waals surface area contributed by atoms with Crippen molar-refractivity contribution in [3.05, 3.63) is 119 Å². The lowest BCUT2D eigenvalue weighted by atomic mass is 9.75. The number of nitrogens with one attached hydrogen (secondary N) is 2. The van der Waals surface area contributed by atoms with E-state index in [1.54, 1.807) is 24.1 Å². The molecule has 1 fully saturated rings. The van der Waals surface area contributed by atoms with Crippen LogP contribution in [0.4, 0.5) is 24.5 Å². The fourth-order valence-electron chi connectivity index (χ4n) is 6.50. The Hall–Kier alpha value is -4.90. The Balaban J connectivity index is 1.39. The second-order valence-electron chi connectivity index (χ2n) is 12.4. The summed E-state index contributed by atoms with van der Waals surface area (Å²) in [5, 5.41) is 17.4. The van der Waals surface area contributed by atoms with Crippen molar-refractivity contribution in [1.82, 2.24) is 10.2 Å². The smallest absolute Gasteiger partial charge is 0.398 e. The van der Waals surface area contributed by atoms with Gasteiger partial charge in [0.2, 0.25) is 11.8 Å². The van der Waals surface area contributed by atoms with Crippen LogP contribution in [0.5, 0.6) is 0 Å². The third-order valence-corrected chi connectivity index (χ3v) is 9.18. The van der Waals surface area contributed by atoms with Gasteiger partial charge < -0.3 is 26.4 Å². The third-order valence-electron chi connectivity index (χ3n) is 9.18. The Morgan fingerprint density at radius 3 is 2.35 bits per heavy atom. The first-order chi connectivity index (χ1) is 22.9. The van der Waals surface area contributed by atoms with E-state index >= 15 is 0 Å². The molecule has 5 N–H and O–H groups in total. The zero-order chi connectivity index (χ0) is 34.5. The highest BCUT2D eigenvalue weighted by Gasteiger charge is 2.46. The average molecular weight is 661 g/mol. The number of piperidine rings is 1. The van der Waals surface area contributed by atoms with Crippen LogP contribution in [0.15, 0.2) is 96.6 Å². The van der Waals surface area contributed by atoms with Crippen LogP contribution in [0.3, 0.4) is 0 Å². The van der Waals surface area contributed by atoms with Crippen molar-refractivity contribution in [2.24, 2.45) is 5.92 Å². The number of rotatable bonds is 9. The summed E-state index contributed by atoms with van der Waals surface area (Å²) in [6.07, 6.45) is 2.03. The molecule has 1 aliphatic carbocycles. The number of amides is 3. The lowest BCUT2D eigenvalue weighted by Gasteiger charge is -2.41. The van der Waals surface area contributed by atoms with E-state index in [4.69, 9.17) is 5.73 Å². The first kappa shape index (κ1) is 34.4. The molecule has 0 aromatic heterocycles. The van der Waals surface area contributed by atoms with Gasteiger partial charge in [-0.3, -0.25) is 14.4 Å². The summed E-state index contributed by atoms with van der Waals surface area (Å²) >= 11 is 0. The Bertz CT molecular complexity index is 1710. The summed E-state index contributed by atoms with van der Waals surface area (Å²) in [6, 6.07) is 19.8. The van der Waals surface area contributed by atoms with Crippen LogP contribution in [0.25, 0.3) is 0 Å². The highest BCUT2D eigenvalue weighted by Crippen LogP contribution is 2.37. The Morgan fingerprint density at radius 2 is 1.67 bits per heavy atom. The molecule has 0 radical (unpaired) electrons. The molecule has 0 bridgehead atoms. The van der Waals surface area contributed by atoms with Crippen molar-refractivity contribution < 1.29 is 32.7 Å². The number of halogens is 3. The molecular weight excluding hydrogens is 621 g/mol. The van der Waals surface area contributed by atoms with E-state index in [9.17, 15) is 32.7 Å². The number of nitrogen functional groups attached to an aromatic ring is 1. The van der Waals surface area contributed by atoms with Crippen molar-refractivity contribution >= 4 is 29.1 Å². The predicted octanol–water partition coefficient (Wildman–Crippen LogP) is 5.40. The number of likely N-dealkylation sites (N-methyl/N-ethyl adjacent to an activating group) is 1. The lowest BCUT2D eigenvalue weighted by molar-refractivity contribution is -0.144. The number of aliphatic hydroxyl groups is 1. The molecule has 3 aromatic rings. The van der Waals surface area contributed by atoms with Crippen LogP contribution in [0.2, 0.25) is 0 Å². The Labute approximate surface area is 277 Å². The molecule has 3 aromatic carbocycles. The molecule has 2 unspecified atom stereocenters. The van der Waals surface area contributed by atoms with Gasteiger partial charge in [-0.25, -0.2) is 0 Å². The van der Waals surface area contributed by atoms with Gasteiger partial charge in [-0.2, -0.15) is 13.2 Å². The van der Waals surface area contributed by atoms with Gasteiger partial charge in [-0.1, -0.05) is 72.8 Å². The van der Waals surface area contributed by atoms with Gasteiger partial charge in [0, 0.05) is 55.3 Å². The standard InChI is InChI=1S/C37H39F3N4O4/c1-42-34(46)28-12-6-11-27(21-28)26-10-5-9-25(19-26)23-36(48,35(47)43-30-13-14-32(41)31(22-30)37(38,39)40)29-15-17-44(18-16-29)33(45)20-24-7-3-2-4-8-24/h2-14,19,22,27,29,48H,15-18,20-21,23,41H2,1H3,(H,42,46)(H,43,47). The molecule has 1 aliphatic heterocycles. The lowest BCUT2D eigenvalue weighted by Crippen LogP contribution is -2.54. The van der Waals surface area contributed by atoms with Gasteiger partial charge in [-0.05, 0) is 54.2 Å². The first-order valence-electron chi connectivity index (χ1n) is 15.9. The highest BCUT2D eigenvalue weighted by atomic mass is 19.4. The van der Waals surface area contributed by atoms with Crippen LogP contribution in [0.1, 0.15) is 47.4 Å². The zero-order valence-corrected chi connectivity index (χ0v) is 26.6. The fraction of sp³-hybridized carbons (Fsp3) is 0.324. The van der Waals surface area contributed by atoms with Gasteiger partial charge in [-0.15, -0.1) is 0 Å². The van der Waals surface area contributed by atoms with Gasteiger partial charge in [0.1, 0.15) is 5.60 Å². The topological polar surface area (TPSA) is 125 Å². The van der Waals surface area contributed by atoms with Gasteiger partial charge in [0.05, 0.1) is 12.0 Å². The molecule has 11 heteroatoms. The molecule has 5 rings (SSSR count). The number of nitrogens with two attached hydrogens (primary N) is 1. The molecule has 1 saturated heterocycles. The number of likely N-dealkylation sites (tertiary alicyclic amines) is 1. The second kappa shape index (κ2) is 14.5. The van der Waals surface area contributed by atoms with Crippen LogP contribution < -0.4 is 16.4 Å². The monoisotopic (exact) mass is 660 g/mol. The normalized spacial score (nSPS) is 18.1. The minimum atomic E-state index is -4.74. The van der Waals surface area contributed by atoms with Crippen molar-refractivity contribution in [3.8, 4) is 0 Å². The molecule has 2 atom stereocenters. The van der Waals surface area contributed by atoms with Crippen LogP contribution in [0, 0.1) is 5.92 Å². The Kier molecular flexibility index (Phi) is 10.4. The van der Waals surface area contributed by atoms with Crippen molar-refractivity contribution in [1.29, 1.82) is 0 Å². The van der Waals surface area contributed by atoms with E-state index in [2.05, 4.69) is 10.6 Å². The Morgan fingerprint density at radius 1 is 0.958 bits per heavy atom. The number of benzene rings is 3. The zero-order valence-electron chi connectivity index (χ0n) is 26.6. The van der Waals surface area contributed by atoms with E-state index < -0.39 is 34.9 Å². The number of hydrogen-bond acceptors (Lipinski definition) is 5. The quantitative estimate of drug-likeness (QED) is 0.229. The number of allylic oxidation sites excluding steroid dienone is 3. The highest BCUT2D eigenvalue weighted by molar-refractivity contribution is 5.98. The molecule has 8 nitrogen and oxygen atoms in total. The summed E-state index contributed by atoms with van der Waals surface area (Å²) in [7, 11) is 1.57. The van der Waals surface area contributed by atoms with Crippen molar-refractivity contribution in [2.75, 3.05) is 31.2 Å². The summed E-state index contributed by atoms with van der Waals surface area (Å²) in [5.74, 6) is -1.79. The van der Waals surface area contributed by atoms with Crippen LogP contribution in [-0.4, -0.2) is 53.5 Å². The minimum Gasteiger partial charge on any atom is -0.398 e. The maximum Gasteiger partial charge on any atom is 0.418 e. The number of hydrogen-bond donors (Lipinski definition) is 4. The molecule has 0 spiro atoms. The molecule has 0 saturated carbocycles. The summed E-state index contributed by atoms with van der Waals surface area (Å²) < 4.78 is 40.8. The van der Waals surface area contributed by atoms with E-state index in [-0.39, 0.29) is 36.3 Å². The summed E-state index contributed by atoms with van der Waals surface area (Å²) in [5.41, 5.74) is 4.85. The van der Waals surface area contributed by atoms with E-state index in [1.165, 1.54) is 6.07 Å². The van der Waals surface area contributed by atoms with Crippen LogP contribution in [-0.2, 0) is 33.4 Å². The number of anilines is 2. The number of alkyl halides is 3. The second-order valence-corrected chi connectivity index (χ2v) is 12.4. The molecule has 1 heterocycles. The number of carbonyl (C=O) groups excluding carboxylic acids is 3. The van der Waals surface area contributed by atoms with Gasteiger partial charge in [0.15, 0.2) is 0 Å². The van der Waals surface area contributed by atoms with Gasteiger partial charge in [0.25, 0.3) is 5.91 Å². The molecular formula is C37H39F3N4O4. The SMILES string of the molecule is CNC(=O)C1=CC=CC(c2cccc(CC(O)(C(=O)Nc3ccc(N)c(C(F)(F)F)c3)C3CCN(C(=O)Cc4ccccc4)CC3)c2)C1. The average Bonchev–Trinajstić information content (AvgIpc) is 3.08. The van der Waals surface area contributed by atoms with Crippen LogP contribution >= 0.6 is 0 Å². The van der Waals surface area contributed by atoms with E-state index in [1.807, 2.05) is 60.7 Å². The fourth-order valence-corrected chi connectivity index (χ4v) is 6.50. The maximum absolute atomic E-state index is 14.0. The third kappa shape index (κ3) is 7.96. The van der Waals surface area contributed by atoms with Gasteiger partial charge >= 0.3 is 6.18 Å². The number of carbonyl (C=O) groups is 3. The maximum atomic E-state index is 14.0. The summed E-state index contributed by atoms with van der Waals surface area (Å²) in [6.45, 7) is 0.626.